The Hall–Kier alpha value is -2.65. The van der Waals surface area contributed by atoms with Crippen molar-refractivity contribution < 1.29 is 14.3 Å². The summed E-state index contributed by atoms with van der Waals surface area (Å²) in [5.74, 6) is 0.130. The van der Waals surface area contributed by atoms with Crippen LogP contribution in [0.4, 0.5) is 5.00 Å². The maximum atomic E-state index is 12.8. The zero-order valence-electron chi connectivity index (χ0n) is 20.0. The predicted molar refractivity (Wildman–Crippen MR) is 136 cm³/mol. The Kier molecular flexibility index (Phi) is 7.42. The van der Waals surface area contributed by atoms with Crippen LogP contribution in [0.2, 0.25) is 0 Å². The lowest BCUT2D eigenvalue weighted by atomic mass is 9.72. The molecule has 9 heteroatoms. The van der Waals surface area contributed by atoms with Gasteiger partial charge in [-0.05, 0) is 55.2 Å². The summed E-state index contributed by atoms with van der Waals surface area (Å²) < 4.78 is 7.01. The first-order valence-electron chi connectivity index (χ1n) is 11.5. The third-order valence-corrected chi connectivity index (χ3v) is 8.07. The zero-order valence-corrected chi connectivity index (χ0v) is 21.6. The fourth-order valence-corrected chi connectivity index (χ4v) is 6.08. The molecule has 1 N–H and O–H groups in total. The van der Waals surface area contributed by atoms with E-state index < -0.39 is 0 Å². The molecule has 0 fully saturated rings. The van der Waals surface area contributed by atoms with Crippen LogP contribution in [0, 0.1) is 11.3 Å². The highest BCUT2D eigenvalue weighted by Gasteiger charge is 2.34. The van der Waals surface area contributed by atoms with E-state index in [4.69, 9.17) is 4.74 Å². The third kappa shape index (κ3) is 5.52. The molecule has 34 heavy (non-hydrogen) atoms. The van der Waals surface area contributed by atoms with Gasteiger partial charge >= 0.3 is 5.97 Å². The van der Waals surface area contributed by atoms with Gasteiger partial charge in [0.1, 0.15) is 11.3 Å². The van der Waals surface area contributed by atoms with Gasteiger partial charge in [0.05, 0.1) is 23.6 Å². The number of carbonyl (C=O) groups is 2. The summed E-state index contributed by atoms with van der Waals surface area (Å²) >= 11 is 2.77. The topological polar surface area (TPSA) is 86.1 Å². The average molecular weight is 499 g/mol. The Balaban J connectivity index is 1.46. The highest BCUT2D eigenvalue weighted by Crippen LogP contribution is 2.44. The molecule has 0 unspecified atom stereocenters. The number of aromatic nitrogens is 3. The second-order valence-corrected chi connectivity index (χ2v) is 11.4. The number of thioether (sulfide) groups is 1. The molecule has 0 saturated carbocycles. The van der Waals surface area contributed by atoms with E-state index >= 15 is 0 Å². The first kappa shape index (κ1) is 24.5. The summed E-state index contributed by atoms with van der Waals surface area (Å²) in [7, 11) is 0. The van der Waals surface area contributed by atoms with E-state index in [0.717, 1.165) is 30.5 Å². The molecule has 0 saturated heterocycles. The lowest BCUT2D eigenvalue weighted by Crippen LogP contribution is -2.26. The van der Waals surface area contributed by atoms with E-state index in [1.165, 1.54) is 28.0 Å². The summed E-state index contributed by atoms with van der Waals surface area (Å²) in [6.07, 6.45) is 4.40. The molecule has 1 atom stereocenters. The molecule has 1 aromatic carbocycles. The number of fused-ring (bicyclic) bond motifs is 1. The summed E-state index contributed by atoms with van der Waals surface area (Å²) in [4.78, 5) is 31.0. The second-order valence-electron chi connectivity index (χ2n) is 9.38. The Labute approximate surface area is 208 Å². The van der Waals surface area contributed by atoms with Gasteiger partial charge in [-0.15, -0.1) is 16.4 Å². The van der Waals surface area contributed by atoms with Crippen molar-refractivity contribution >= 4 is 40.0 Å². The molecule has 180 valence electrons. The molecule has 0 bridgehead atoms. The summed E-state index contributed by atoms with van der Waals surface area (Å²) in [6, 6.07) is 9.69. The Bertz CT molecular complexity index is 1160. The van der Waals surface area contributed by atoms with Gasteiger partial charge in [0.15, 0.2) is 0 Å². The standard InChI is InChI=1S/C25H30N4O3S2/c1-5-32-23(31)21-18-12-11-16(25(2,3)4)13-19(18)34-22(21)27-20(30)14-33-24-26-15-29(28-24)17-9-7-6-8-10-17/h6-10,15-16H,5,11-14H2,1-4H3,(H,27,30)/t16-/m1/s1. The number of hydrogen-bond donors (Lipinski definition) is 1. The largest absolute Gasteiger partial charge is 0.462 e. The zero-order chi connectivity index (χ0) is 24.3. The number of ether oxygens (including phenoxy) is 1. The highest BCUT2D eigenvalue weighted by atomic mass is 32.2. The van der Waals surface area contributed by atoms with Crippen molar-refractivity contribution in [2.45, 2.75) is 52.1 Å². The molecule has 2 aromatic heterocycles. The van der Waals surface area contributed by atoms with Crippen LogP contribution in [-0.2, 0) is 22.4 Å². The number of hydrogen-bond acceptors (Lipinski definition) is 7. The van der Waals surface area contributed by atoms with Crippen LogP contribution >= 0.6 is 23.1 Å². The van der Waals surface area contributed by atoms with Gasteiger partial charge < -0.3 is 10.1 Å². The number of esters is 1. The van der Waals surface area contributed by atoms with Crippen molar-refractivity contribution in [1.29, 1.82) is 0 Å². The van der Waals surface area contributed by atoms with Crippen LogP contribution in [0.1, 0.15) is 54.9 Å². The van der Waals surface area contributed by atoms with Gasteiger partial charge in [-0.1, -0.05) is 50.7 Å². The molecule has 1 aliphatic carbocycles. The quantitative estimate of drug-likeness (QED) is 0.347. The molecule has 7 nitrogen and oxygen atoms in total. The molecule has 0 radical (unpaired) electrons. The number of para-hydroxylation sites is 1. The minimum absolute atomic E-state index is 0.147. The lowest BCUT2D eigenvalue weighted by Gasteiger charge is -2.33. The summed E-state index contributed by atoms with van der Waals surface area (Å²) in [5, 5.41) is 8.50. The van der Waals surface area contributed by atoms with E-state index in [0.29, 0.717) is 28.2 Å². The molecular formula is C25H30N4O3S2. The number of nitrogens with one attached hydrogen (secondary N) is 1. The van der Waals surface area contributed by atoms with Crippen molar-refractivity contribution in [3.8, 4) is 5.69 Å². The van der Waals surface area contributed by atoms with E-state index in [9.17, 15) is 9.59 Å². The van der Waals surface area contributed by atoms with E-state index in [-0.39, 0.29) is 23.0 Å². The van der Waals surface area contributed by atoms with Gasteiger partial charge in [0.2, 0.25) is 11.1 Å². The van der Waals surface area contributed by atoms with Crippen molar-refractivity contribution in [1.82, 2.24) is 14.8 Å². The van der Waals surface area contributed by atoms with Crippen LogP contribution in [0.3, 0.4) is 0 Å². The first-order chi connectivity index (χ1) is 16.3. The normalized spacial score (nSPS) is 15.6. The molecule has 0 aliphatic heterocycles. The van der Waals surface area contributed by atoms with Crippen molar-refractivity contribution in [2.24, 2.45) is 11.3 Å². The Morgan fingerprint density at radius 3 is 2.74 bits per heavy atom. The van der Waals surface area contributed by atoms with Crippen molar-refractivity contribution in [3.63, 3.8) is 0 Å². The molecule has 1 aliphatic rings. The fraction of sp³-hybridized carbons (Fsp3) is 0.440. The third-order valence-electron chi connectivity index (χ3n) is 6.05. The average Bonchev–Trinajstić information content (AvgIpc) is 3.42. The molecule has 3 aromatic rings. The van der Waals surface area contributed by atoms with Gasteiger partial charge in [-0.3, -0.25) is 4.79 Å². The van der Waals surface area contributed by atoms with E-state index in [1.54, 1.807) is 17.9 Å². The van der Waals surface area contributed by atoms with Crippen LogP contribution in [0.25, 0.3) is 5.69 Å². The maximum Gasteiger partial charge on any atom is 0.341 e. The molecule has 0 spiro atoms. The van der Waals surface area contributed by atoms with E-state index in [1.807, 2.05) is 30.3 Å². The minimum Gasteiger partial charge on any atom is -0.462 e. The van der Waals surface area contributed by atoms with Crippen LogP contribution < -0.4 is 5.32 Å². The predicted octanol–water partition coefficient (Wildman–Crippen LogP) is 5.39. The van der Waals surface area contributed by atoms with Gasteiger partial charge in [-0.2, -0.15) is 0 Å². The molecule has 1 amide bonds. The molecule has 4 rings (SSSR count). The lowest BCUT2D eigenvalue weighted by molar-refractivity contribution is -0.113. The van der Waals surface area contributed by atoms with Gasteiger partial charge in [-0.25, -0.2) is 14.5 Å². The van der Waals surface area contributed by atoms with Crippen LogP contribution in [0.5, 0.6) is 0 Å². The smallest absolute Gasteiger partial charge is 0.341 e. The first-order valence-corrected chi connectivity index (χ1v) is 13.3. The van der Waals surface area contributed by atoms with Crippen LogP contribution in [0.15, 0.2) is 41.8 Å². The van der Waals surface area contributed by atoms with E-state index in [2.05, 4.69) is 36.2 Å². The maximum absolute atomic E-state index is 12.8. The van der Waals surface area contributed by atoms with Gasteiger partial charge in [0.25, 0.3) is 0 Å². The second kappa shape index (κ2) is 10.3. The number of thiophene rings is 1. The van der Waals surface area contributed by atoms with Crippen molar-refractivity contribution in [3.05, 3.63) is 52.7 Å². The number of amides is 1. The summed E-state index contributed by atoms with van der Waals surface area (Å²) in [6.45, 7) is 8.87. The fourth-order valence-electron chi connectivity index (χ4n) is 4.14. The van der Waals surface area contributed by atoms with Crippen LogP contribution in [-0.4, -0.2) is 39.0 Å². The number of rotatable bonds is 7. The number of benzene rings is 1. The monoisotopic (exact) mass is 498 g/mol. The number of nitrogens with zero attached hydrogens (tertiary/aromatic N) is 3. The number of anilines is 1. The molecule has 2 heterocycles. The Morgan fingerprint density at radius 2 is 2.03 bits per heavy atom. The van der Waals surface area contributed by atoms with Crippen molar-refractivity contribution in [2.75, 3.05) is 17.7 Å². The SMILES string of the molecule is CCOC(=O)c1c(NC(=O)CSc2ncn(-c3ccccc3)n2)sc2c1CC[C@@H](C(C)(C)C)C2. The minimum atomic E-state index is -0.361. The summed E-state index contributed by atoms with van der Waals surface area (Å²) in [5.41, 5.74) is 2.67. The molecular weight excluding hydrogens is 468 g/mol. The number of carbonyl (C=O) groups excluding carboxylic acids is 2. The Morgan fingerprint density at radius 1 is 1.26 bits per heavy atom. The highest BCUT2D eigenvalue weighted by molar-refractivity contribution is 7.99. The van der Waals surface area contributed by atoms with Gasteiger partial charge in [0, 0.05) is 4.88 Å².